The Morgan fingerprint density at radius 2 is 2.19 bits per heavy atom. The van der Waals surface area contributed by atoms with Gasteiger partial charge in [0, 0.05) is 48.0 Å². The summed E-state index contributed by atoms with van der Waals surface area (Å²) >= 11 is 0. The third-order valence-corrected chi connectivity index (χ3v) is 6.37. The highest BCUT2D eigenvalue weighted by atomic mass is 19.1. The third kappa shape index (κ3) is 5.35. The number of rotatable bonds is 9. The van der Waals surface area contributed by atoms with Crippen molar-refractivity contribution in [2.24, 2.45) is 5.11 Å². The van der Waals surface area contributed by atoms with Crippen LogP contribution in [0.1, 0.15) is 23.7 Å². The molecule has 3 aromatic rings. The number of hydrogen-bond acceptors (Lipinski definition) is 6. The zero-order chi connectivity index (χ0) is 26.5. The molecule has 4 rings (SSSR count). The van der Waals surface area contributed by atoms with Crippen LogP contribution in [0.25, 0.3) is 21.5 Å². The molecule has 2 aromatic heterocycles. The van der Waals surface area contributed by atoms with Gasteiger partial charge in [-0.25, -0.2) is 14.2 Å². The van der Waals surface area contributed by atoms with Crippen molar-refractivity contribution in [1.29, 1.82) is 5.41 Å². The molecule has 1 aliphatic rings. The van der Waals surface area contributed by atoms with Crippen LogP contribution < -0.4 is 5.32 Å². The summed E-state index contributed by atoms with van der Waals surface area (Å²) < 4.78 is 15.9. The Bertz CT molecular complexity index is 1460. The lowest BCUT2D eigenvalue weighted by atomic mass is 10.0. The van der Waals surface area contributed by atoms with E-state index >= 15 is 0 Å². The Labute approximate surface area is 211 Å². The van der Waals surface area contributed by atoms with E-state index in [2.05, 4.69) is 20.3 Å². The van der Waals surface area contributed by atoms with Gasteiger partial charge >= 0.3 is 5.97 Å². The van der Waals surface area contributed by atoms with Gasteiger partial charge in [0.25, 0.3) is 0 Å². The fourth-order valence-corrected chi connectivity index (χ4v) is 4.55. The molecule has 1 amide bonds. The molecule has 11 nitrogen and oxygen atoms in total. The van der Waals surface area contributed by atoms with E-state index in [1.165, 1.54) is 12.1 Å². The maximum atomic E-state index is 13.8. The monoisotopic (exact) mass is 504 g/mol. The van der Waals surface area contributed by atoms with Gasteiger partial charge in [-0.15, -0.1) is 0 Å². The Balaban J connectivity index is 1.57. The largest absolute Gasteiger partial charge is 0.478 e. The molecule has 3 heterocycles. The summed E-state index contributed by atoms with van der Waals surface area (Å²) in [5.74, 6) is -1.91. The van der Waals surface area contributed by atoms with Crippen molar-refractivity contribution in [2.45, 2.75) is 32.5 Å². The van der Waals surface area contributed by atoms with Crippen LogP contribution in [-0.4, -0.2) is 56.8 Å². The van der Waals surface area contributed by atoms with E-state index in [0.717, 1.165) is 27.9 Å². The number of benzene rings is 1. The predicted octanol–water partition coefficient (Wildman–Crippen LogP) is 3.39. The average Bonchev–Trinajstić information content (AvgIpc) is 3.20. The summed E-state index contributed by atoms with van der Waals surface area (Å²) in [7, 11) is 0. The minimum Gasteiger partial charge on any atom is -0.478 e. The highest BCUT2D eigenvalue weighted by Gasteiger charge is 2.29. The molecule has 190 valence electrons. The average molecular weight is 505 g/mol. The van der Waals surface area contributed by atoms with Crippen molar-refractivity contribution in [3.63, 3.8) is 0 Å². The van der Waals surface area contributed by atoms with Gasteiger partial charge in [-0.3, -0.25) is 4.79 Å². The number of amides is 1. The molecule has 1 atom stereocenters. The summed E-state index contributed by atoms with van der Waals surface area (Å²) in [6.07, 6.45) is 2.98. The fourth-order valence-electron chi connectivity index (χ4n) is 4.55. The molecule has 37 heavy (non-hydrogen) atoms. The fraction of sp³-hybridized carbons (Fsp3) is 0.280. The molecule has 1 unspecified atom stereocenters. The van der Waals surface area contributed by atoms with Crippen LogP contribution >= 0.6 is 0 Å². The highest BCUT2D eigenvalue weighted by molar-refractivity contribution is 5.95. The third-order valence-electron chi connectivity index (χ3n) is 6.37. The first-order chi connectivity index (χ1) is 17.8. The number of nitrogens with zero attached hydrogens (tertiary/aromatic N) is 6. The van der Waals surface area contributed by atoms with Crippen molar-refractivity contribution in [2.75, 3.05) is 13.1 Å². The lowest BCUT2D eigenvalue weighted by Gasteiger charge is -2.31. The molecule has 0 fully saturated rings. The van der Waals surface area contributed by atoms with Gasteiger partial charge < -0.3 is 25.3 Å². The van der Waals surface area contributed by atoms with Crippen molar-refractivity contribution in [3.05, 3.63) is 86.9 Å². The van der Waals surface area contributed by atoms with E-state index in [0.29, 0.717) is 32.3 Å². The second kappa shape index (κ2) is 11.0. The van der Waals surface area contributed by atoms with E-state index in [9.17, 15) is 19.1 Å². The van der Waals surface area contributed by atoms with E-state index in [4.69, 9.17) is 10.9 Å². The first kappa shape index (κ1) is 25.5. The Kier molecular flexibility index (Phi) is 7.61. The quantitative estimate of drug-likeness (QED) is 0.134. The molecule has 3 N–H and O–H groups in total. The molecule has 1 aliphatic heterocycles. The maximum absolute atomic E-state index is 13.8. The molecule has 1 aromatic carbocycles. The standard InChI is InChI=1S/C25H25FN8O3/c1-15(30-12-20(25(36)37)21(11-27)31-32-28)24(35)33-9-7-18-19-6-3-8-29-23(19)34(22(18)14-33)13-16-4-2-5-17(26)10-16/h2-6,8,10-11,15,27,30H,7,9,12-14H2,1H3,(H,36,37)/b21-20-,27-11?. The normalized spacial score (nSPS) is 14.4. The number of hydrogen-bond donors (Lipinski definition) is 3. The Morgan fingerprint density at radius 1 is 1.38 bits per heavy atom. The number of carboxylic acid groups (broad SMARTS) is 1. The van der Waals surface area contributed by atoms with Crippen molar-refractivity contribution >= 4 is 29.1 Å². The second-order valence-corrected chi connectivity index (χ2v) is 8.63. The number of halogens is 1. The predicted molar refractivity (Wildman–Crippen MR) is 134 cm³/mol. The number of aliphatic carboxylic acids is 1. The number of azide groups is 1. The molecule has 0 radical (unpaired) electrons. The van der Waals surface area contributed by atoms with Gasteiger partial charge in [-0.05, 0) is 54.3 Å². The van der Waals surface area contributed by atoms with Gasteiger partial charge in [0.1, 0.15) is 11.5 Å². The van der Waals surface area contributed by atoms with Crippen LogP contribution in [-0.2, 0) is 29.1 Å². The summed E-state index contributed by atoms with van der Waals surface area (Å²) in [5, 5.41) is 23.8. The summed E-state index contributed by atoms with van der Waals surface area (Å²) in [4.78, 5) is 33.7. The maximum Gasteiger partial charge on any atom is 0.333 e. The number of fused-ring (bicyclic) bond motifs is 3. The molecule has 0 aliphatic carbocycles. The number of pyridine rings is 1. The number of allylic oxidation sites excluding steroid dienone is 1. The number of aromatic nitrogens is 2. The van der Waals surface area contributed by atoms with Crippen LogP contribution in [0.15, 0.2) is 59.0 Å². The number of carbonyl (C=O) groups excluding carboxylic acids is 1. The highest BCUT2D eigenvalue weighted by Crippen LogP contribution is 2.31. The molecular weight excluding hydrogens is 479 g/mol. The van der Waals surface area contributed by atoms with E-state index < -0.39 is 12.0 Å². The zero-order valence-corrected chi connectivity index (χ0v) is 20.1. The van der Waals surface area contributed by atoms with Crippen LogP contribution in [0.5, 0.6) is 0 Å². The number of nitrogens with one attached hydrogen (secondary N) is 2. The molecule has 12 heteroatoms. The van der Waals surface area contributed by atoms with Crippen molar-refractivity contribution in [3.8, 4) is 0 Å². The topological polar surface area (TPSA) is 160 Å². The summed E-state index contributed by atoms with van der Waals surface area (Å²) in [6.45, 7) is 2.54. The van der Waals surface area contributed by atoms with Gasteiger partial charge in [-0.1, -0.05) is 17.2 Å². The van der Waals surface area contributed by atoms with Gasteiger partial charge in [0.05, 0.1) is 23.9 Å². The minimum absolute atomic E-state index is 0.230. The van der Waals surface area contributed by atoms with E-state index in [-0.39, 0.29) is 29.5 Å². The lowest BCUT2D eigenvalue weighted by molar-refractivity contribution is -0.135. The molecule has 0 bridgehead atoms. The van der Waals surface area contributed by atoms with Gasteiger partial charge in [-0.2, -0.15) is 0 Å². The minimum atomic E-state index is -1.35. The number of carbonyl (C=O) groups is 2. The van der Waals surface area contributed by atoms with Crippen LogP contribution in [0.4, 0.5) is 4.39 Å². The van der Waals surface area contributed by atoms with Crippen molar-refractivity contribution < 1.29 is 19.1 Å². The van der Waals surface area contributed by atoms with Crippen LogP contribution in [0, 0.1) is 11.2 Å². The Morgan fingerprint density at radius 3 is 2.89 bits per heavy atom. The van der Waals surface area contributed by atoms with Crippen LogP contribution in [0.3, 0.4) is 0 Å². The summed E-state index contributed by atoms with van der Waals surface area (Å²) in [6, 6.07) is 9.49. The zero-order valence-electron chi connectivity index (χ0n) is 20.1. The molecule has 0 saturated heterocycles. The number of carboxylic acids is 1. The Hall–Kier alpha value is -4.54. The molecule has 0 spiro atoms. The SMILES string of the molecule is CC(NC/C(C(=O)O)=C(\C=N)N=[N+]=[N-])C(=O)N1CCc2c(n(Cc3cccc(F)c3)c3ncccc23)C1. The van der Waals surface area contributed by atoms with Crippen LogP contribution in [0.2, 0.25) is 0 Å². The summed E-state index contributed by atoms with van der Waals surface area (Å²) in [5.41, 5.74) is 11.5. The smallest absolute Gasteiger partial charge is 0.333 e. The van der Waals surface area contributed by atoms with E-state index in [1.807, 2.05) is 22.8 Å². The first-order valence-corrected chi connectivity index (χ1v) is 11.6. The van der Waals surface area contributed by atoms with Gasteiger partial charge in [0.2, 0.25) is 5.91 Å². The van der Waals surface area contributed by atoms with E-state index in [1.54, 1.807) is 24.1 Å². The molecular formula is C25H25FN8O3. The second-order valence-electron chi connectivity index (χ2n) is 8.63. The lowest BCUT2D eigenvalue weighted by Crippen LogP contribution is -2.47. The first-order valence-electron chi connectivity index (χ1n) is 11.6. The molecule has 0 saturated carbocycles. The van der Waals surface area contributed by atoms with Crippen molar-refractivity contribution in [1.82, 2.24) is 19.8 Å². The van der Waals surface area contributed by atoms with Gasteiger partial charge in [0.15, 0.2) is 0 Å².